The molecule has 1 aromatic heterocycles. The third-order valence-electron chi connectivity index (χ3n) is 4.93. The largest absolute Gasteiger partial charge is 0.381 e. The van der Waals surface area contributed by atoms with Crippen LogP contribution in [0.4, 0.5) is 0 Å². The molecule has 0 radical (unpaired) electrons. The number of nitrogens with one attached hydrogen (secondary N) is 1. The van der Waals surface area contributed by atoms with Crippen LogP contribution in [0.15, 0.2) is 21.3 Å². The molecule has 0 amide bonds. The van der Waals surface area contributed by atoms with E-state index < -0.39 is 10.0 Å². The SMILES string of the molecule is CN=C(NCc1ccc(S(=O)(=O)N(C)C)s1)N1CCC2(CCOC2)C1.I. The maximum atomic E-state index is 12.2. The number of nitrogens with zero attached hydrogens (tertiary/aromatic N) is 3. The van der Waals surface area contributed by atoms with Crippen molar-refractivity contribution in [2.75, 3.05) is 47.4 Å². The molecule has 0 aliphatic carbocycles. The first-order valence-electron chi connectivity index (χ1n) is 8.41. The summed E-state index contributed by atoms with van der Waals surface area (Å²) < 4.78 is 31.5. The number of hydrogen-bond acceptors (Lipinski definition) is 5. The van der Waals surface area contributed by atoms with Gasteiger partial charge in [0, 0.05) is 51.1 Å². The number of thiophene rings is 1. The highest BCUT2D eigenvalue weighted by molar-refractivity contribution is 14.0. The molecule has 148 valence electrons. The molecule has 1 unspecified atom stereocenters. The Kier molecular flexibility index (Phi) is 7.33. The van der Waals surface area contributed by atoms with Crippen LogP contribution in [0.2, 0.25) is 0 Å². The normalized spacial score (nSPS) is 23.7. The van der Waals surface area contributed by atoms with E-state index in [1.165, 1.54) is 15.6 Å². The first kappa shape index (κ1) is 21.9. The van der Waals surface area contributed by atoms with E-state index in [2.05, 4.69) is 15.2 Å². The summed E-state index contributed by atoms with van der Waals surface area (Å²) in [6.07, 6.45) is 2.26. The molecule has 1 spiro atoms. The fourth-order valence-corrected chi connectivity index (χ4v) is 5.82. The van der Waals surface area contributed by atoms with Crippen molar-refractivity contribution >= 4 is 51.3 Å². The molecule has 2 fully saturated rings. The highest BCUT2D eigenvalue weighted by Crippen LogP contribution is 2.38. The molecule has 0 saturated carbocycles. The van der Waals surface area contributed by atoms with Crippen molar-refractivity contribution < 1.29 is 13.2 Å². The number of guanidine groups is 1. The minimum atomic E-state index is -3.36. The van der Waals surface area contributed by atoms with Crippen LogP contribution in [0.25, 0.3) is 0 Å². The van der Waals surface area contributed by atoms with Crippen molar-refractivity contribution in [1.29, 1.82) is 0 Å². The number of likely N-dealkylation sites (tertiary alicyclic amines) is 1. The Bertz CT molecular complexity index is 742. The molecule has 10 heteroatoms. The Morgan fingerprint density at radius 2 is 2.19 bits per heavy atom. The lowest BCUT2D eigenvalue weighted by molar-refractivity contribution is 0.156. The summed E-state index contributed by atoms with van der Waals surface area (Å²) in [6, 6.07) is 3.53. The van der Waals surface area contributed by atoms with Gasteiger partial charge in [-0.3, -0.25) is 4.99 Å². The molecule has 1 N–H and O–H groups in total. The number of sulfonamides is 1. The number of hydrogen-bond donors (Lipinski definition) is 1. The van der Waals surface area contributed by atoms with E-state index in [0.29, 0.717) is 10.8 Å². The zero-order chi connectivity index (χ0) is 18.1. The fourth-order valence-electron chi connectivity index (χ4n) is 3.36. The van der Waals surface area contributed by atoms with Crippen LogP contribution in [-0.4, -0.2) is 71.0 Å². The first-order chi connectivity index (χ1) is 11.9. The summed E-state index contributed by atoms with van der Waals surface area (Å²) in [5.41, 5.74) is 0.285. The Labute approximate surface area is 176 Å². The van der Waals surface area contributed by atoms with Gasteiger partial charge in [0.05, 0.1) is 13.2 Å². The summed E-state index contributed by atoms with van der Waals surface area (Å²) in [7, 11) is 1.52. The molecule has 3 heterocycles. The third kappa shape index (κ3) is 4.51. The first-order valence-corrected chi connectivity index (χ1v) is 10.7. The average Bonchev–Trinajstić information content (AvgIpc) is 3.31. The minimum Gasteiger partial charge on any atom is -0.381 e. The minimum absolute atomic E-state index is 0. The van der Waals surface area contributed by atoms with E-state index in [-0.39, 0.29) is 29.4 Å². The predicted octanol–water partition coefficient (Wildman–Crippen LogP) is 1.80. The van der Waals surface area contributed by atoms with E-state index >= 15 is 0 Å². The van der Waals surface area contributed by atoms with Gasteiger partial charge >= 0.3 is 0 Å². The van der Waals surface area contributed by atoms with E-state index in [4.69, 9.17) is 4.74 Å². The molecule has 0 bridgehead atoms. The summed E-state index contributed by atoms with van der Waals surface area (Å²) in [5.74, 6) is 0.870. The molecule has 1 atom stereocenters. The van der Waals surface area contributed by atoms with Crippen molar-refractivity contribution in [2.45, 2.75) is 23.6 Å². The zero-order valence-electron chi connectivity index (χ0n) is 15.4. The Balaban J connectivity index is 0.00000243. The van der Waals surface area contributed by atoms with E-state index in [1.807, 2.05) is 6.07 Å². The van der Waals surface area contributed by atoms with Crippen molar-refractivity contribution in [1.82, 2.24) is 14.5 Å². The summed E-state index contributed by atoms with van der Waals surface area (Å²) in [5, 5.41) is 3.37. The maximum Gasteiger partial charge on any atom is 0.252 e. The smallest absolute Gasteiger partial charge is 0.252 e. The van der Waals surface area contributed by atoms with Gasteiger partial charge < -0.3 is 15.0 Å². The summed E-state index contributed by atoms with van der Waals surface area (Å²) >= 11 is 1.30. The van der Waals surface area contributed by atoms with Gasteiger partial charge in [0.25, 0.3) is 10.0 Å². The van der Waals surface area contributed by atoms with Crippen molar-refractivity contribution in [2.24, 2.45) is 10.4 Å². The van der Waals surface area contributed by atoms with Crippen LogP contribution in [0, 0.1) is 5.41 Å². The number of ether oxygens (including phenoxy) is 1. The van der Waals surface area contributed by atoms with Gasteiger partial charge in [0.2, 0.25) is 0 Å². The van der Waals surface area contributed by atoms with Crippen molar-refractivity contribution in [3.05, 3.63) is 17.0 Å². The quantitative estimate of drug-likeness (QED) is 0.377. The van der Waals surface area contributed by atoms with Crippen LogP contribution < -0.4 is 5.32 Å². The number of halogens is 1. The van der Waals surface area contributed by atoms with Crippen molar-refractivity contribution in [3.63, 3.8) is 0 Å². The van der Waals surface area contributed by atoms with Crippen molar-refractivity contribution in [3.8, 4) is 0 Å². The maximum absolute atomic E-state index is 12.2. The lowest BCUT2D eigenvalue weighted by Crippen LogP contribution is -2.41. The van der Waals surface area contributed by atoms with Gasteiger partial charge in [0.15, 0.2) is 5.96 Å². The lowest BCUT2D eigenvalue weighted by Gasteiger charge is -2.24. The van der Waals surface area contributed by atoms with Crippen LogP contribution in [0.3, 0.4) is 0 Å². The number of rotatable bonds is 4. The molecule has 26 heavy (non-hydrogen) atoms. The molecule has 0 aromatic carbocycles. The van der Waals surface area contributed by atoms with Gasteiger partial charge in [0.1, 0.15) is 4.21 Å². The van der Waals surface area contributed by atoms with Crippen LogP contribution >= 0.6 is 35.3 Å². The second kappa shape index (κ2) is 8.72. The molecular weight excluding hydrogens is 487 g/mol. The van der Waals surface area contributed by atoms with Gasteiger partial charge in [-0.25, -0.2) is 12.7 Å². The van der Waals surface area contributed by atoms with E-state index in [1.54, 1.807) is 27.2 Å². The summed E-state index contributed by atoms with van der Waals surface area (Å²) in [6.45, 7) is 4.22. The molecule has 2 aliphatic heterocycles. The Morgan fingerprint density at radius 3 is 2.81 bits per heavy atom. The van der Waals surface area contributed by atoms with Gasteiger partial charge in [-0.1, -0.05) is 0 Å². The van der Waals surface area contributed by atoms with Gasteiger partial charge in [-0.15, -0.1) is 35.3 Å². The average molecular weight is 514 g/mol. The predicted molar refractivity (Wildman–Crippen MR) is 115 cm³/mol. The Morgan fingerprint density at radius 1 is 1.42 bits per heavy atom. The van der Waals surface area contributed by atoms with Crippen LogP contribution in [0.1, 0.15) is 17.7 Å². The van der Waals surface area contributed by atoms with E-state index in [9.17, 15) is 8.42 Å². The van der Waals surface area contributed by atoms with Crippen LogP contribution in [-0.2, 0) is 21.3 Å². The molecule has 1 aromatic rings. The molecule has 2 aliphatic rings. The van der Waals surface area contributed by atoms with Gasteiger partial charge in [-0.05, 0) is 25.0 Å². The fraction of sp³-hybridized carbons (Fsp3) is 0.688. The monoisotopic (exact) mass is 514 g/mol. The number of aliphatic imine (C=N–C) groups is 1. The lowest BCUT2D eigenvalue weighted by atomic mass is 9.87. The van der Waals surface area contributed by atoms with E-state index in [0.717, 1.165) is 50.0 Å². The molecule has 7 nitrogen and oxygen atoms in total. The summed E-state index contributed by atoms with van der Waals surface area (Å²) in [4.78, 5) is 7.64. The molecule has 3 rings (SSSR count). The van der Waals surface area contributed by atoms with Gasteiger partial charge in [-0.2, -0.15) is 0 Å². The topological polar surface area (TPSA) is 74.2 Å². The molecule has 2 saturated heterocycles. The molecular formula is C16H27IN4O3S2. The highest BCUT2D eigenvalue weighted by Gasteiger charge is 2.42. The van der Waals surface area contributed by atoms with Crippen LogP contribution in [0.5, 0.6) is 0 Å². The standard InChI is InChI=1S/C16H26N4O3S2.HI/c1-17-15(20-8-6-16(11-20)7-9-23-12-16)18-10-13-4-5-14(24-13)25(21,22)19(2)3;/h4-5H,6-12H2,1-3H3,(H,17,18);1H. The second-order valence-corrected chi connectivity index (χ2v) is 10.4. The Hall–Kier alpha value is -0.430. The zero-order valence-corrected chi connectivity index (χ0v) is 19.4. The second-order valence-electron chi connectivity index (χ2n) is 6.88. The highest BCUT2D eigenvalue weighted by atomic mass is 127. The third-order valence-corrected chi connectivity index (χ3v) is 8.30.